The Morgan fingerprint density at radius 1 is 1.36 bits per heavy atom. The molecule has 0 aliphatic rings. The summed E-state index contributed by atoms with van der Waals surface area (Å²) in [5, 5.41) is 0. The average Bonchev–Trinajstić information content (AvgIpc) is 2.03. The van der Waals surface area contributed by atoms with Crippen molar-refractivity contribution in [1.82, 2.24) is 0 Å². The van der Waals surface area contributed by atoms with Gasteiger partial charge in [0.05, 0.1) is 0 Å². The van der Waals surface area contributed by atoms with Crippen LogP contribution >= 0.6 is 0 Å². The summed E-state index contributed by atoms with van der Waals surface area (Å²) in [6.07, 6.45) is 10.0. The van der Waals surface area contributed by atoms with Crippen LogP contribution in [0.2, 0.25) is 0 Å². The van der Waals surface area contributed by atoms with Crippen molar-refractivity contribution in [2.24, 2.45) is 0 Å². The van der Waals surface area contributed by atoms with Gasteiger partial charge in [0.2, 0.25) is 0 Å². The molecular weight excluding hydrogens is 136 g/mol. The van der Waals surface area contributed by atoms with E-state index in [-0.39, 0.29) is 6.10 Å². The Hall–Kier alpha value is -0.480. The molecular formula is C10H18O. The standard InChI is InChI=1S/C10H18O/c1-4-7-8-9-10(5-2)11-6-3/h2,10H,4,6-9H2,1,3H3. The van der Waals surface area contributed by atoms with E-state index >= 15 is 0 Å². The molecule has 0 saturated heterocycles. The summed E-state index contributed by atoms with van der Waals surface area (Å²) in [6.45, 7) is 4.89. The first-order valence-electron chi connectivity index (χ1n) is 4.42. The van der Waals surface area contributed by atoms with Gasteiger partial charge in [-0.1, -0.05) is 25.7 Å². The molecule has 1 unspecified atom stereocenters. The van der Waals surface area contributed by atoms with Crippen molar-refractivity contribution in [3.8, 4) is 12.3 Å². The van der Waals surface area contributed by atoms with Gasteiger partial charge in [0.25, 0.3) is 0 Å². The highest BCUT2D eigenvalue weighted by molar-refractivity contribution is 4.94. The van der Waals surface area contributed by atoms with Gasteiger partial charge in [0, 0.05) is 6.61 Å². The molecule has 0 heterocycles. The summed E-state index contributed by atoms with van der Waals surface area (Å²) in [6, 6.07) is 0. The molecule has 1 heteroatoms. The summed E-state index contributed by atoms with van der Waals surface area (Å²) < 4.78 is 5.30. The zero-order valence-corrected chi connectivity index (χ0v) is 7.60. The molecule has 0 aliphatic heterocycles. The molecule has 11 heavy (non-hydrogen) atoms. The lowest BCUT2D eigenvalue weighted by atomic mass is 10.1. The molecule has 0 bridgehead atoms. The third-order valence-corrected chi connectivity index (χ3v) is 1.62. The van der Waals surface area contributed by atoms with Crippen LogP contribution in [0.5, 0.6) is 0 Å². The molecule has 0 amide bonds. The second-order valence-corrected chi connectivity index (χ2v) is 2.61. The topological polar surface area (TPSA) is 9.23 Å². The summed E-state index contributed by atoms with van der Waals surface area (Å²) >= 11 is 0. The van der Waals surface area contributed by atoms with Crippen LogP contribution in [-0.4, -0.2) is 12.7 Å². The van der Waals surface area contributed by atoms with E-state index in [0.29, 0.717) is 0 Å². The SMILES string of the molecule is C#CC(CCCCC)OCC. The molecule has 1 nitrogen and oxygen atoms in total. The summed E-state index contributed by atoms with van der Waals surface area (Å²) in [5.41, 5.74) is 0. The van der Waals surface area contributed by atoms with E-state index in [1.165, 1.54) is 19.3 Å². The first-order valence-corrected chi connectivity index (χ1v) is 4.42. The summed E-state index contributed by atoms with van der Waals surface area (Å²) in [4.78, 5) is 0. The Balaban J connectivity index is 3.30. The molecule has 0 spiro atoms. The fourth-order valence-corrected chi connectivity index (χ4v) is 0.996. The molecule has 0 aliphatic carbocycles. The molecule has 0 rings (SSSR count). The number of unbranched alkanes of at least 4 members (excludes halogenated alkanes) is 2. The molecule has 0 saturated carbocycles. The van der Waals surface area contributed by atoms with E-state index in [2.05, 4.69) is 12.8 Å². The first kappa shape index (κ1) is 10.5. The van der Waals surface area contributed by atoms with Crippen LogP contribution in [0.15, 0.2) is 0 Å². The maximum Gasteiger partial charge on any atom is 0.117 e. The molecule has 0 N–H and O–H groups in total. The number of rotatable bonds is 6. The van der Waals surface area contributed by atoms with Crippen LogP contribution in [0.4, 0.5) is 0 Å². The third-order valence-electron chi connectivity index (χ3n) is 1.62. The predicted molar refractivity (Wildman–Crippen MR) is 48.4 cm³/mol. The molecule has 0 aromatic heterocycles. The third kappa shape index (κ3) is 5.94. The lowest BCUT2D eigenvalue weighted by Gasteiger charge is -2.09. The number of terminal acetylenes is 1. The minimum absolute atomic E-state index is 0.0477. The van der Waals surface area contributed by atoms with Crippen molar-refractivity contribution in [3.63, 3.8) is 0 Å². The first-order chi connectivity index (χ1) is 5.35. The minimum atomic E-state index is 0.0477. The van der Waals surface area contributed by atoms with E-state index < -0.39 is 0 Å². The van der Waals surface area contributed by atoms with E-state index in [4.69, 9.17) is 11.2 Å². The predicted octanol–water partition coefficient (Wildman–Crippen LogP) is 2.61. The van der Waals surface area contributed by atoms with Crippen LogP contribution < -0.4 is 0 Å². The highest BCUT2D eigenvalue weighted by Crippen LogP contribution is 2.05. The Labute approximate surface area is 70.1 Å². The Kier molecular flexibility index (Phi) is 7.29. The zero-order valence-electron chi connectivity index (χ0n) is 7.60. The normalized spacial score (nSPS) is 12.5. The number of hydrogen-bond acceptors (Lipinski definition) is 1. The largest absolute Gasteiger partial charge is 0.366 e. The zero-order chi connectivity index (χ0) is 8.53. The van der Waals surface area contributed by atoms with E-state index in [1.54, 1.807) is 0 Å². The van der Waals surface area contributed by atoms with Crippen molar-refractivity contribution < 1.29 is 4.74 Å². The quantitative estimate of drug-likeness (QED) is 0.422. The average molecular weight is 154 g/mol. The highest BCUT2D eigenvalue weighted by atomic mass is 16.5. The van der Waals surface area contributed by atoms with Crippen LogP contribution in [0.1, 0.15) is 39.5 Å². The molecule has 0 fully saturated rings. The highest BCUT2D eigenvalue weighted by Gasteiger charge is 2.01. The van der Waals surface area contributed by atoms with Crippen molar-refractivity contribution >= 4 is 0 Å². The Morgan fingerprint density at radius 3 is 2.55 bits per heavy atom. The van der Waals surface area contributed by atoms with Crippen LogP contribution in [0, 0.1) is 12.3 Å². The van der Waals surface area contributed by atoms with Gasteiger partial charge in [-0.15, -0.1) is 6.42 Å². The Morgan fingerprint density at radius 2 is 2.09 bits per heavy atom. The minimum Gasteiger partial charge on any atom is -0.366 e. The van der Waals surface area contributed by atoms with Crippen LogP contribution in [0.3, 0.4) is 0 Å². The summed E-state index contributed by atoms with van der Waals surface area (Å²) in [5.74, 6) is 2.64. The van der Waals surface area contributed by atoms with Gasteiger partial charge in [-0.2, -0.15) is 0 Å². The van der Waals surface area contributed by atoms with Gasteiger partial charge in [-0.05, 0) is 19.8 Å². The fraction of sp³-hybridized carbons (Fsp3) is 0.800. The monoisotopic (exact) mass is 154 g/mol. The maximum absolute atomic E-state index is 5.30. The van der Waals surface area contributed by atoms with Gasteiger partial charge in [-0.3, -0.25) is 0 Å². The van der Waals surface area contributed by atoms with E-state index in [0.717, 1.165) is 13.0 Å². The van der Waals surface area contributed by atoms with Crippen LogP contribution in [-0.2, 0) is 4.74 Å². The second-order valence-electron chi connectivity index (χ2n) is 2.61. The van der Waals surface area contributed by atoms with Crippen molar-refractivity contribution in [3.05, 3.63) is 0 Å². The van der Waals surface area contributed by atoms with Gasteiger partial charge in [0.1, 0.15) is 6.10 Å². The number of ether oxygens (including phenoxy) is 1. The second kappa shape index (κ2) is 7.63. The molecule has 0 aromatic carbocycles. The van der Waals surface area contributed by atoms with Crippen molar-refractivity contribution in [1.29, 1.82) is 0 Å². The fourth-order valence-electron chi connectivity index (χ4n) is 0.996. The lowest BCUT2D eigenvalue weighted by Crippen LogP contribution is -2.09. The Bertz CT molecular complexity index is 113. The van der Waals surface area contributed by atoms with Crippen LogP contribution in [0.25, 0.3) is 0 Å². The number of hydrogen-bond donors (Lipinski definition) is 0. The molecule has 0 aromatic rings. The molecule has 1 atom stereocenters. The van der Waals surface area contributed by atoms with Gasteiger partial charge < -0.3 is 4.74 Å². The maximum atomic E-state index is 5.30. The summed E-state index contributed by atoms with van der Waals surface area (Å²) in [7, 11) is 0. The smallest absolute Gasteiger partial charge is 0.117 e. The van der Waals surface area contributed by atoms with Crippen molar-refractivity contribution in [2.45, 2.75) is 45.6 Å². The van der Waals surface area contributed by atoms with Gasteiger partial charge in [0.15, 0.2) is 0 Å². The molecule has 64 valence electrons. The van der Waals surface area contributed by atoms with Crippen molar-refractivity contribution in [2.75, 3.05) is 6.61 Å². The van der Waals surface area contributed by atoms with Gasteiger partial charge in [-0.25, -0.2) is 0 Å². The van der Waals surface area contributed by atoms with E-state index in [9.17, 15) is 0 Å². The lowest BCUT2D eigenvalue weighted by molar-refractivity contribution is 0.0950. The van der Waals surface area contributed by atoms with E-state index in [1.807, 2.05) is 6.92 Å². The van der Waals surface area contributed by atoms with Gasteiger partial charge >= 0.3 is 0 Å². The molecule has 0 radical (unpaired) electrons.